The molecule has 0 aliphatic heterocycles. The van der Waals surface area contributed by atoms with Gasteiger partial charge in [0.1, 0.15) is 5.60 Å². The highest BCUT2D eigenvalue weighted by Crippen LogP contribution is 2.65. The van der Waals surface area contributed by atoms with Gasteiger partial charge in [-0.1, -0.05) is 24.3 Å². The summed E-state index contributed by atoms with van der Waals surface area (Å²) in [6, 6.07) is 7.59. The van der Waals surface area contributed by atoms with Crippen LogP contribution in [0.5, 0.6) is 0 Å². The number of ketones is 1. The van der Waals surface area contributed by atoms with E-state index in [-0.39, 0.29) is 11.7 Å². The summed E-state index contributed by atoms with van der Waals surface area (Å²) in [7, 11) is 0. The lowest BCUT2D eigenvalue weighted by Gasteiger charge is -2.35. The Balaban J connectivity index is 2.00. The first-order chi connectivity index (χ1) is 8.29. The van der Waals surface area contributed by atoms with Crippen molar-refractivity contribution in [3.8, 4) is 0 Å². The molecule has 1 N–H and O–H groups in total. The highest BCUT2D eigenvalue weighted by Gasteiger charge is 2.67. The Morgan fingerprint density at radius 3 is 2.94 bits per heavy atom. The highest BCUT2D eigenvalue weighted by atomic mass is 17.1. The van der Waals surface area contributed by atoms with Crippen molar-refractivity contribution in [2.45, 2.75) is 24.9 Å². The van der Waals surface area contributed by atoms with Crippen molar-refractivity contribution in [3.05, 3.63) is 35.4 Å². The maximum Gasteiger partial charge on any atom is 0.169 e. The molecule has 2 saturated carbocycles. The van der Waals surface area contributed by atoms with Gasteiger partial charge in [0, 0.05) is 5.56 Å². The van der Waals surface area contributed by atoms with E-state index < -0.39 is 5.60 Å². The van der Waals surface area contributed by atoms with Gasteiger partial charge in [0.2, 0.25) is 0 Å². The summed E-state index contributed by atoms with van der Waals surface area (Å²) in [5, 5.41) is 9.46. The summed E-state index contributed by atoms with van der Waals surface area (Å²) in [5.74, 6) is 0.715. The maximum atomic E-state index is 12.4. The van der Waals surface area contributed by atoms with E-state index in [1.165, 1.54) is 0 Å². The quantitative estimate of drug-likeness (QED) is 0.596. The first-order valence-corrected chi connectivity index (χ1v) is 6.25. The van der Waals surface area contributed by atoms with Crippen LogP contribution in [0.2, 0.25) is 0 Å². The zero-order chi connectivity index (χ0) is 11.6. The Hall–Kier alpha value is -1.19. The Kier molecular flexibility index (Phi) is 1.72. The van der Waals surface area contributed by atoms with E-state index in [4.69, 9.17) is 4.89 Å². The summed E-state index contributed by atoms with van der Waals surface area (Å²) in [6.07, 6.45) is 3.18. The molecule has 0 saturated heterocycles. The molecule has 4 atom stereocenters. The summed E-state index contributed by atoms with van der Waals surface area (Å²) >= 11 is 0. The lowest BCUT2D eigenvalue weighted by Crippen LogP contribution is -2.41. The van der Waals surface area contributed by atoms with Gasteiger partial charge >= 0.3 is 0 Å². The van der Waals surface area contributed by atoms with E-state index in [0.717, 1.165) is 30.4 Å². The highest BCUT2D eigenvalue weighted by molar-refractivity contribution is 6.04. The molecule has 0 heterocycles. The van der Waals surface area contributed by atoms with Crippen molar-refractivity contribution in [2.75, 3.05) is 0 Å². The van der Waals surface area contributed by atoms with Crippen molar-refractivity contribution >= 4 is 5.78 Å². The molecule has 2 bridgehead atoms. The minimum Gasteiger partial charge on any atom is -0.294 e. The van der Waals surface area contributed by atoms with E-state index in [1.807, 2.05) is 24.3 Å². The van der Waals surface area contributed by atoms with Crippen LogP contribution in [-0.4, -0.2) is 11.0 Å². The van der Waals surface area contributed by atoms with E-state index in [0.29, 0.717) is 11.8 Å². The number of hydrogen-bond acceptors (Lipinski definition) is 3. The fraction of sp³-hybridized carbons (Fsp3) is 0.500. The van der Waals surface area contributed by atoms with Crippen LogP contribution < -0.4 is 0 Å². The number of fused-ring (bicyclic) bond motifs is 7. The van der Waals surface area contributed by atoms with Crippen LogP contribution in [0, 0.1) is 17.8 Å². The molecule has 2 fully saturated rings. The number of Topliss-reactive ketones (excluding diaryl/α,β-unsaturated/α-hetero) is 1. The topological polar surface area (TPSA) is 46.5 Å². The van der Waals surface area contributed by atoms with Crippen LogP contribution in [0.25, 0.3) is 0 Å². The zero-order valence-corrected chi connectivity index (χ0v) is 9.43. The SMILES string of the molecule is O=C1c2ccccc2[C@@]2(OO)[C@H]3CC[C@@H](C3)[C@H]12. The minimum absolute atomic E-state index is 0.149. The number of carbonyl (C=O) groups is 1. The van der Waals surface area contributed by atoms with Gasteiger partial charge in [-0.3, -0.25) is 10.1 Å². The average Bonchev–Trinajstić information content (AvgIpc) is 3.01. The van der Waals surface area contributed by atoms with Gasteiger partial charge in [-0.25, -0.2) is 4.89 Å². The third kappa shape index (κ3) is 0.905. The molecule has 1 aromatic carbocycles. The van der Waals surface area contributed by atoms with Crippen LogP contribution in [0.1, 0.15) is 35.2 Å². The lowest BCUT2D eigenvalue weighted by molar-refractivity contribution is -0.349. The first-order valence-electron chi connectivity index (χ1n) is 6.25. The first kappa shape index (κ1) is 9.80. The van der Waals surface area contributed by atoms with Gasteiger partial charge in [-0.05, 0) is 36.7 Å². The molecule has 0 unspecified atom stereocenters. The molecule has 4 rings (SSSR count). The van der Waals surface area contributed by atoms with Gasteiger partial charge in [0.25, 0.3) is 0 Å². The monoisotopic (exact) mass is 230 g/mol. The van der Waals surface area contributed by atoms with Crippen LogP contribution in [-0.2, 0) is 10.5 Å². The summed E-state index contributed by atoms with van der Waals surface area (Å²) in [5.41, 5.74) is 0.934. The molecule has 3 heteroatoms. The summed E-state index contributed by atoms with van der Waals surface area (Å²) in [6.45, 7) is 0. The molecule has 3 nitrogen and oxygen atoms in total. The third-order valence-electron chi connectivity index (χ3n) is 5.06. The Morgan fingerprint density at radius 2 is 2.12 bits per heavy atom. The number of carbonyl (C=O) groups excluding carboxylic acids is 1. The number of hydrogen-bond donors (Lipinski definition) is 1. The van der Waals surface area contributed by atoms with Crippen molar-refractivity contribution in [1.29, 1.82) is 0 Å². The maximum absolute atomic E-state index is 12.4. The fourth-order valence-corrected chi connectivity index (χ4v) is 4.50. The second-order valence-corrected chi connectivity index (χ2v) is 5.54. The molecule has 0 spiro atoms. The molecular weight excluding hydrogens is 216 g/mol. The molecule has 88 valence electrons. The third-order valence-corrected chi connectivity index (χ3v) is 5.06. The lowest BCUT2D eigenvalue weighted by atomic mass is 9.75. The smallest absolute Gasteiger partial charge is 0.169 e. The van der Waals surface area contributed by atoms with E-state index in [1.54, 1.807) is 0 Å². The summed E-state index contributed by atoms with van der Waals surface area (Å²) in [4.78, 5) is 17.4. The molecule has 0 aromatic heterocycles. The standard InChI is InChI=1S/C14H14O3/c15-13-10-3-1-2-4-11(10)14(17-16)9-6-5-8(7-9)12(13)14/h1-4,8-9,12,16H,5-7H2/t8-,9-,12+,14-/m0/s1. The van der Waals surface area contributed by atoms with Crippen molar-refractivity contribution in [3.63, 3.8) is 0 Å². The predicted octanol–water partition coefficient (Wildman–Crippen LogP) is 2.61. The molecule has 0 amide bonds. The van der Waals surface area contributed by atoms with Crippen molar-refractivity contribution < 1.29 is 14.9 Å². The van der Waals surface area contributed by atoms with Gasteiger partial charge in [0.15, 0.2) is 5.78 Å². The van der Waals surface area contributed by atoms with Crippen molar-refractivity contribution in [1.82, 2.24) is 0 Å². The fourth-order valence-electron chi connectivity index (χ4n) is 4.50. The zero-order valence-electron chi connectivity index (χ0n) is 9.43. The molecule has 3 aliphatic carbocycles. The average molecular weight is 230 g/mol. The second-order valence-electron chi connectivity index (χ2n) is 5.54. The Morgan fingerprint density at radius 1 is 1.29 bits per heavy atom. The largest absolute Gasteiger partial charge is 0.294 e. The molecular formula is C14H14O3. The Labute approximate surface area is 99.3 Å². The normalized spacial score (nSPS) is 41.7. The molecule has 3 aliphatic rings. The molecule has 1 aromatic rings. The van der Waals surface area contributed by atoms with E-state index in [2.05, 4.69) is 0 Å². The van der Waals surface area contributed by atoms with Crippen LogP contribution in [0.15, 0.2) is 24.3 Å². The van der Waals surface area contributed by atoms with Gasteiger partial charge in [-0.15, -0.1) is 0 Å². The predicted molar refractivity (Wildman–Crippen MR) is 60.5 cm³/mol. The van der Waals surface area contributed by atoms with Crippen LogP contribution in [0.3, 0.4) is 0 Å². The van der Waals surface area contributed by atoms with Crippen LogP contribution >= 0.6 is 0 Å². The Bertz CT molecular complexity index is 510. The number of benzene rings is 1. The van der Waals surface area contributed by atoms with Gasteiger partial charge < -0.3 is 0 Å². The summed E-state index contributed by atoms with van der Waals surface area (Å²) < 4.78 is 0. The van der Waals surface area contributed by atoms with Crippen LogP contribution in [0.4, 0.5) is 0 Å². The molecule has 0 radical (unpaired) electrons. The van der Waals surface area contributed by atoms with Crippen molar-refractivity contribution in [2.24, 2.45) is 17.8 Å². The van der Waals surface area contributed by atoms with E-state index in [9.17, 15) is 10.1 Å². The van der Waals surface area contributed by atoms with E-state index >= 15 is 0 Å². The number of rotatable bonds is 1. The molecule has 17 heavy (non-hydrogen) atoms. The minimum atomic E-state index is -0.726. The van der Waals surface area contributed by atoms with Gasteiger partial charge in [0.05, 0.1) is 5.92 Å². The second kappa shape index (κ2) is 2.98. The van der Waals surface area contributed by atoms with Gasteiger partial charge in [-0.2, -0.15) is 0 Å².